The van der Waals surface area contributed by atoms with Crippen LogP contribution in [0.25, 0.3) is 0 Å². The summed E-state index contributed by atoms with van der Waals surface area (Å²) >= 11 is 0. The third-order valence-corrected chi connectivity index (χ3v) is 4.10. The van der Waals surface area contributed by atoms with Crippen LogP contribution >= 0.6 is 0 Å². The summed E-state index contributed by atoms with van der Waals surface area (Å²) in [4.78, 5) is 13.7. The first kappa shape index (κ1) is 16.5. The molecule has 0 bridgehead atoms. The second-order valence-corrected chi connectivity index (χ2v) is 5.73. The molecule has 1 saturated heterocycles. The van der Waals surface area contributed by atoms with Crippen molar-refractivity contribution in [3.05, 3.63) is 59.9 Å². The van der Waals surface area contributed by atoms with Crippen LogP contribution in [-0.4, -0.2) is 36.6 Å². The van der Waals surface area contributed by atoms with Gasteiger partial charge in [0.05, 0.1) is 12.6 Å². The van der Waals surface area contributed by atoms with Gasteiger partial charge in [0, 0.05) is 6.54 Å². The Morgan fingerprint density at radius 1 is 1.21 bits per heavy atom. The van der Waals surface area contributed by atoms with Gasteiger partial charge in [0.15, 0.2) is 11.6 Å². The van der Waals surface area contributed by atoms with Gasteiger partial charge in [-0.1, -0.05) is 24.3 Å². The molecule has 0 aromatic heterocycles. The van der Waals surface area contributed by atoms with Crippen molar-refractivity contribution in [3.8, 4) is 11.5 Å². The molecule has 1 aliphatic heterocycles. The smallest absolute Gasteiger partial charge is 0.248 e. The van der Waals surface area contributed by atoms with Crippen molar-refractivity contribution in [1.82, 2.24) is 4.90 Å². The number of rotatable bonds is 5. The van der Waals surface area contributed by atoms with Crippen molar-refractivity contribution >= 4 is 5.91 Å². The SMILES string of the molecule is CCN1C(=O)COCC1Cc1ccc(Oc2ccccc2F)cc1. The molecule has 24 heavy (non-hydrogen) atoms. The second-order valence-electron chi connectivity index (χ2n) is 5.73. The number of para-hydroxylation sites is 1. The number of likely N-dealkylation sites (N-methyl/N-ethyl adjacent to an activating group) is 1. The van der Waals surface area contributed by atoms with Crippen LogP contribution in [0.5, 0.6) is 11.5 Å². The van der Waals surface area contributed by atoms with Gasteiger partial charge in [-0.15, -0.1) is 0 Å². The van der Waals surface area contributed by atoms with E-state index in [9.17, 15) is 9.18 Å². The average Bonchev–Trinajstić information content (AvgIpc) is 2.59. The van der Waals surface area contributed by atoms with Crippen molar-refractivity contribution in [2.75, 3.05) is 19.8 Å². The Kier molecular flexibility index (Phi) is 5.11. The molecule has 1 aliphatic rings. The second kappa shape index (κ2) is 7.45. The lowest BCUT2D eigenvalue weighted by Gasteiger charge is -2.34. The fourth-order valence-electron chi connectivity index (χ4n) is 2.88. The molecule has 1 amide bonds. The highest BCUT2D eigenvalue weighted by Gasteiger charge is 2.27. The van der Waals surface area contributed by atoms with Crippen LogP contribution in [0.15, 0.2) is 48.5 Å². The molecular formula is C19H20FNO3. The Bertz CT molecular complexity index is 702. The molecule has 0 aliphatic carbocycles. The van der Waals surface area contributed by atoms with Crippen LogP contribution in [0.3, 0.4) is 0 Å². The van der Waals surface area contributed by atoms with Gasteiger partial charge in [-0.25, -0.2) is 4.39 Å². The maximum Gasteiger partial charge on any atom is 0.248 e. The third-order valence-electron chi connectivity index (χ3n) is 4.10. The van der Waals surface area contributed by atoms with E-state index < -0.39 is 5.82 Å². The van der Waals surface area contributed by atoms with Crippen LogP contribution in [0, 0.1) is 5.82 Å². The van der Waals surface area contributed by atoms with E-state index in [4.69, 9.17) is 9.47 Å². The van der Waals surface area contributed by atoms with Crippen molar-refractivity contribution in [2.24, 2.45) is 0 Å². The number of hydrogen-bond acceptors (Lipinski definition) is 3. The predicted molar refractivity (Wildman–Crippen MR) is 88.6 cm³/mol. The lowest BCUT2D eigenvalue weighted by Crippen LogP contribution is -2.50. The zero-order chi connectivity index (χ0) is 16.9. The average molecular weight is 329 g/mol. The van der Waals surface area contributed by atoms with Gasteiger partial charge in [0.2, 0.25) is 5.91 Å². The van der Waals surface area contributed by atoms with Crippen molar-refractivity contribution in [2.45, 2.75) is 19.4 Å². The highest BCUT2D eigenvalue weighted by atomic mass is 19.1. The van der Waals surface area contributed by atoms with Crippen molar-refractivity contribution in [3.63, 3.8) is 0 Å². The first-order valence-corrected chi connectivity index (χ1v) is 8.06. The van der Waals surface area contributed by atoms with E-state index in [2.05, 4.69) is 0 Å². The van der Waals surface area contributed by atoms with Gasteiger partial charge in [0.25, 0.3) is 0 Å². The molecule has 0 spiro atoms. The summed E-state index contributed by atoms with van der Waals surface area (Å²) in [7, 11) is 0. The van der Waals surface area contributed by atoms with E-state index in [-0.39, 0.29) is 24.3 Å². The Morgan fingerprint density at radius 3 is 2.67 bits per heavy atom. The number of hydrogen-bond donors (Lipinski definition) is 0. The number of morpholine rings is 1. The maximum atomic E-state index is 13.6. The summed E-state index contributed by atoms with van der Waals surface area (Å²) in [6.45, 7) is 3.37. The summed E-state index contributed by atoms with van der Waals surface area (Å²) in [5.41, 5.74) is 1.08. The van der Waals surface area contributed by atoms with Crippen LogP contribution in [0.4, 0.5) is 4.39 Å². The van der Waals surface area contributed by atoms with Gasteiger partial charge in [-0.3, -0.25) is 4.79 Å². The zero-order valence-corrected chi connectivity index (χ0v) is 13.6. The highest BCUT2D eigenvalue weighted by molar-refractivity contribution is 5.78. The van der Waals surface area contributed by atoms with Gasteiger partial charge < -0.3 is 14.4 Å². The monoisotopic (exact) mass is 329 g/mol. The standard InChI is InChI=1S/C19H20FNO3/c1-2-21-15(12-23-13-19(21)22)11-14-7-9-16(10-8-14)24-18-6-4-3-5-17(18)20/h3-10,15H,2,11-13H2,1H3. The molecule has 2 aromatic carbocycles. The van der Waals surface area contributed by atoms with Gasteiger partial charge >= 0.3 is 0 Å². The molecule has 5 heteroatoms. The van der Waals surface area contributed by atoms with E-state index in [1.54, 1.807) is 18.2 Å². The molecule has 0 N–H and O–H groups in total. The minimum atomic E-state index is -0.391. The normalized spacial score (nSPS) is 17.8. The zero-order valence-electron chi connectivity index (χ0n) is 13.6. The van der Waals surface area contributed by atoms with E-state index in [0.29, 0.717) is 18.9 Å². The van der Waals surface area contributed by atoms with Crippen LogP contribution in [0.1, 0.15) is 12.5 Å². The molecule has 0 radical (unpaired) electrons. The van der Waals surface area contributed by atoms with E-state index in [0.717, 1.165) is 12.0 Å². The molecule has 1 unspecified atom stereocenters. The molecular weight excluding hydrogens is 309 g/mol. The molecule has 1 atom stereocenters. The number of ether oxygens (including phenoxy) is 2. The van der Waals surface area contributed by atoms with E-state index in [1.165, 1.54) is 6.07 Å². The summed E-state index contributed by atoms with van der Waals surface area (Å²) < 4.78 is 24.5. The number of benzene rings is 2. The van der Waals surface area contributed by atoms with E-state index >= 15 is 0 Å². The minimum absolute atomic E-state index is 0.0354. The lowest BCUT2D eigenvalue weighted by molar-refractivity contribution is -0.147. The summed E-state index contributed by atoms with van der Waals surface area (Å²) in [6, 6.07) is 13.8. The Labute approximate surface area is 140 Å². The van der Waals surface area contributed by atoms with Crippen LogP contribution in [0.2, 0.25) is 0 Å². The summed E-state index contributed by atoms with van der Waals surface area (Å²) in [6.07, 6.45) is 0.722. The minimum Gasteiger partial charge on any atom is -0.454 e. The third kappa shape index (κ3) is 3.74. The predicted octanol–water partition coefficient (Wildman–Crippen LogP) is 3.41. The van der Waals surface area contributed by atoms with Crippen LogP contribution < -0.4 is 4.74 Å². The first-order valence-electron chi connectivity index (χ1n) is 8.06. The van der Waals surface area contributed by atoms with Crippen LogP contribution in [-0.2, 0) is 16.0 Å². The molecule has 126 valence electrons. The largest absolute Gasteiger partial charge is 0.454 e. The molecule has 1 fully saturated rings. The summed E-state index contributed by atoms with van der Waals surface area (Å²) in [5.74, 6) is 0.423. The lowest BCUT2D eigenvalue weighted by atomic mass is 10.0. The highest BCUT2D eigenvalue weighted by Crippen LogP contribution is 2.25. The molecule has 4 nitrogen and oxygen atoms in total. The maximum absolute atomic E-state index is 13.6. The fourth-order valence-corrected chi connectivity index (χ4v) is 2.88. The van der Waals surface area contributed by atoms with Crippen molar-refractivity contribution in [1.29, 1.82) is 0 Å². The molecule has 3 rings (SSSR count). The number of halogens is 1. The Hall–Kier alpha value is -2.40. The number of amides is 1. The first-order chi connectivity index (χ1) is 11.7. The van der Waals surface area contributed by atoms with Gasteiger partial charge in [0.1, 0.15) is 12.4 Å². The fraction of sp³-hybridized carbons (Fsp3) is 0.316. The Balaban J connectivity index is 1.66. The van der Waals surface area contributed by atoms with E-state index in [1.807, 2.05) is 36.1 Å². The Morgan fingerprint density at radius 2 is 1.96 bits per heavy atom. The number of carbonyl (C=O) groups excluding carboxylic acids is 1. The van der Waals surface area contributed by atoms with Gasteiger partial charge in [-0.05, 0) is 43.2 Å². The van der Waals surface area contributed by atoms with Gasteiger partial charge in [-0.2, -0.15) is 0 Å². The van der Waals surface area contributed by atoms with Crippen molar-refractivity contribution < 1.29 is 18.7 Å². The molecule has 0 saturated carbocycles. The number of nitrogens with zero attached hydrogens (tertiary/aromatic N) is 1. The molecule has 2 aromatic rings. The quantitative estimate of drug-likeness (QED) is 0.844. The number of carbonyl (C=O) groups is 1. The topological polar surface area (TPSA) is 38.8 Å². The molecule has 1 heterocycles. The summed E-state index contributed by atoms with van der Waals surface area (Å²) in [5, 5.41) is 0.